The van der Waals surface area contributed by atoms with Crippen LogP contribution in [0.5, 0.6) is 5.75 Å². The van der Waals surface area contributed by atoms with Crippen LogP contribution in [0, 0.1) is 0 Å². The molecule has 1 N–H and O–H groups in total. The molecule has 0 amide bonds. The van der Waals surface area contributed by atoms with Crippen LogP contribution >= 0.6 is 11.6 Å². The molecule has 0 aliphatic carbocycles. The fraction of sp³-hybridized carbons (Fsp3) is 0.160. The van der Waals surface area contributed by atoms with Crippen molar-refractivity contribution in [1.82, 2.24) is 14.1 Å². The molecule has 1 aromatic heterocycles. The Hall–Kier alpha value is -4.05. The minimum absolute atomic E-state index is 0.00676. The van der Waals surface area contributed by atoms with Crippen molar-refractivity contribution >= 4 is 23.2 Å². The topological polar surface area (TPSA) is 78.2 Å². The standard InChI is InChI=1S/C25H20ClF3N4O3/c1-36-21-11-7-17(8-12-21)15-33-23(34)31-22(30-20-4-2-3-18(13-20)25(27,28)29)32(24(33)35)14-16-5-9-19(26)10-6-16/h2-13H,14-15H2,1H3,(H,30,31,34). The first-order valence-electron chi connectivity index (χ1n) is 10.7. The monoisotopic (exact) mass is 516 g/mol. The first kappa shape index (κ1) is 25.1. The molecule has 0 bridgehead atoms. The smallest absolute Gasteiger partial charge is 0.416 e. The van der Waals surface area contributed by atoms with Crippen LogP contribution in [-0.4, -0.2) is 21.2 Å². The zero-order valence-corrected chi connectivity index (χ0v) is 19.7. The third-order valence-corrected chi connectivity index (χ3v) is 5.60. The van der Waals surface area contributed by atoms with Crippen LogP contribution in [-0.2, 0) is 19.3 Å². The number of methoxy groups -OCH3 is 1. The predicted octanol–water partition coefficient (Wildman–Crippen LogP) is 4.93. The van der Waals surface area contributed by atoms with Gasteiger partial charge < -0.3 is 10.1 Å². The van der Waals surface area contributed by atoms with E-state index in [9.17, 15) is 22.8 Å². The number of hydrogen-bond donors (Lipinski definition) is 1. The van der Waals surface area contributed by atoms with Gasteiger partial charge in [-0.25, -0.2) is 14.2 Å². The molecule has 4 aromatic rings. The van der Waals surface area contributed by atoms with Crippen molar-refractivity contribution in [3.63, 3.8) is 0 Å². The highest BCUT2D eigenvalue weighted by Crippen LogP contribution is 2.31. The van der Waals surface area contributed by atoms with Gasteiger partial charge >= 0.3 is 17.6 Å². The van der Waals surface area contributed by atoms with Crippen molar-refractivity contribution in [1.29, 1.82) is 0 Å². The Balaban J connectivity index is 1.77. The van der Waals surface area contributed by atoms with Crippen LogP contribution in [0.25, 0.3) is 0 Å². The van der Waals surface area contributed by atoms with Crippen molar-refractivity contribution in [3.05, 3.63) is 115 Å². The van der Waals surface area contributed by atoms with Crippen molar-refractivity contribution in [3.8, 4) is 5.75 Å². The van der Waals surface area contributed by atoms with Gasteiger partial charge in [-0.05, 0) is 53.6 Å². The average Bonchev–Trinajstić information content (AvgIpc) is 2.85. The maximum atomic E-state index is 13.4. The van der Waals surface area contributed by atoms with E-state index in [1.807, 2.05) is 0 Å². The molecule has 0 saturated carbocycles. The molecular formula is C25H20ClF3N4O3. The second-order valence-corrected chi connectivity index (χ2v) is 8.29. The number of halogens is 4. The zero-order chi connectivity index (χ0) is 25.9. The Morgan fingerprint density at radius 2 is 1.53 bits per heavy atom. The Bertz CT molecular complexity index is 1480. The molecule has 36 heavy (non-hydrogen) atoms. The number of anilines is 2. The Labute approximate surface area is 208 Å². The highest BCUT2D eigenvalue weighted by Gasteiger charge is 2.30. The van der Waals surface area contributed by atoms with Crippen molar-refractivity contribution in [2.24, 2.45) is 0 Å². The van der Waals surface area contributed by atoms with Crippen LogP contribution in [0.3, 0.4) is 0 Å². The second kappa shape index (κ2) is 10.3. The Morgan fingerprint density at radius 3 is 2.14 bits per heavy atom. The third kappa shape index (κ3) is 5.77. The van der Waals surface area contributed by atoms with Crippen LogP contribution in [0.15, 0.2) is 82.4 Å². The molecule has 11 heteroatoms. The number of benzene rings is 3. The molecule has 3 aromatic carbocycles. The molecule has 7 nitrogen and oxygen atoms in total. The predicted molar refractivity (Wildman–Crippen MR) is 130 cm³/mol. The maximum absolute atomic E-state index is 13.4. The fourth-order valence-electron chi connectivity index (χ4n) is 3.49. The number of rotatable bonds is 7. The van der Waals surface area contributed by atoms with Gasteiger partial charge in [-0.15, -0.1) is 0 Å². The molecule has 1 heterocycles. The summed E-state index contributed by atoms with van der Waals surface area (Å²) in [5.74, 6) is 0.426. The minimum Gasteiger partial charge on any atom is -0.497 e. The SMILES string of the molecule is COc1ccc(Cn2c(=O)nc(Nc3cccc(C(F)(F)F)c3)n(Cc3ccc(Cl)cc3)c2=O)cc1. The van der Waals surface area contributed by atoms with Crippen LogP contribution in [0.2, 0.25) is 5.02 Å². The normalized spacial score (nSPS) is 11.4. The first-order chi connectivity index (χ1) is 17.1. The fourth-order valence-corrected chi connectivity index (χ4v) is 3.62. The van der Waals surface area contributed by atoms with Crippen molar-refractivity contribution in [2.75, 3.05) is 12.4 Å². The number of alkyl halides is 3. The lowest BCUT2D eigenvalue weighted by atomic mass is 10.2. The van der Waals surface area contributed by atoms with E-state index in [1.54, 1.807) is 48.5 Å². The van der Waals surface area contributed by atoms with Gasteiger partial charge in [-0.2, -0.15) is 18.2 Å². The highest BCUT2D eigenvalue weighted by atomic mass is 35.5. The molecule has 0 unspecified atom stereocenters. The molecule has 0 aliphatic heterocycles. The number of nitrogens with one attached hydrogen (secondary N) is 1. The molecule has 0 aliphatic rings. The quantitative estimate of drug-likeness (QED) is 0.377. The molecule has 186 valence electrons. The van der Waals surface area contributed by atoms with Gasteiger partial charge in [0.1, 0.15) is 5.75 Å². The summed E-state index contributed by atoms with van der Waals surface area (Å²) in [5, 5.41) is 3.20. The van der Waals surface area contributed by atoms with Crippen LogP contribution in [0.1, 0.15) is 16.7 Å². The molecule has 4 rings (SSSR count). The molecule has 0 saturated heterocycles. The van der Waals surface area contributed by atoms with E-state index in [2.05, 4.69) is 10.3 Å². The van der Waals surface area contributed by atoms with E-state index in [-0.39, 0.29) is 24.7 Å². The van der Waals surface area contributed by atoms with Gasteiger partial charge in [0.05, 0.1) is 25.8 Å². The summed E-state index contributed by atoms with van der Waals surface area (Å²) in [4.78, 5) is 30.3. The van der Waals surface area contributed by atoms with Gasteiger partial charge in [-0.3, -0.25) is 4.57 Å². The lowest BCUT2D eigenvalue weighted by molar-refractivity contribution is -0.137. The summed E-state index contributed by atoms with van der Waals surface area (Å²) in [5.41, 5.74) is -1.06. The van der Waals surface area contributed by atoms with E-state index in [1.165, 1.54) is 23.8 Å². The molecular weight excluding hydrogens is 497 g/mol. The Kier molecular flexibility index (Phi) is 7.16. The van der Waals surface area contributed by atoms with Crippen molar-refractivity contribution < 1.29 is 17.9 Å². The van der Waals surface area contributed by atoms with E-state index < -0.39 is 23.1 Å². The lowest BCUT2D eigenvalue weighted by Gasteiger charge is -2.16. The van der Waals surface area contributed by atoms with Gasteiger partial charge in [0.2, 0.25) is 5.95 Å². The number of hydrogen-bond acceptors (Lipinski definition) is 5. The van der Waals surface area contributed by atoms with Crippen molar-refractivity contribution in [2.45, 2.75) is 19.3 Å². The molecule has 0 radical (unpaired) electrons. The summed E-state index contributed by atoms with van der Waals surface area (Å²) >= 11 is 5.95. The van der Waals surface area contributed by atoms with Gasteiger partial charge in [-0.1, -0.05) is 41.9 Å². The summed E-state index contributed by atoms with van der Waals surface area (Å²) in [7, 11) is 1.52. The van der Waals surface area contributed by atoms with E-state index in [0.717, 1.165) is 16.7 Å². The number of aromatic nitrogens is 3. The van der Waals surface area contributed by atoms with Crippen LogP contribution in [0.4, 0.5) is 24.8 Å². The van der Waals surface area contributed by atoms with Gasteiger partial charge in [0, 0.05) is 10.7 Å². The summed E-state index contributed by atoms with van der Waals surface area (Å²) in [6.45, 7) is -0.0632. The first-order valence-corrected chi connectivity index (χ1v) is 11.0. The largest absolute Gasteiger partial charge is 0.497 e. The zero-order valence-electron chi connectivity index (χ0n) is 18.9. The summed E-state index contributed by atoms with van der Waals surface area (Å²) in [6, 6.07) is 17.9. The van der Waals surface area contributed by atoms with E-state index >= 15 is 0 Å². The summed E-state index contributed by atoms with van der Waals surface area (Å²) in [6.07, 6.45) is -4.56. The van der Waals surface area contributed by atoms with E-state index in [0.29, 0.717) is 21.9 Å². The maximum Gasteiger partial charge on any atom is 0.416 e. The Morgan fingerprint density at radius 1 is 0.917 bits per heavy atom. The van der Waals surface area contributed by atoms with E-state index in [4.69, 9.17) is 16.3 Å². The lowest BCUT2D eigenvalue weighted by Crippen LogP contribution is -2.43. The highest BCUT2D eigenvalue weighted by molar-refractivity contribution is 6.30. The second-order valence-electron chi connectivity index (χ2n) is 7.85. The number of ether oxygens (including phenoxy) is 1. The number of nitrogens with zero attached hydrogens (tertiary/aromatic N) is 3. The average molecular weight is 517 g/mol. The van der Waals surface area contributed by atoms with Gasteiger partial charge in [0.15, 0.2) is 0 Å². The molecule has 0 atom stereocenters. The van der Waals surface area contributed by atoms with Gasteiger partial charge in [0.25, 0.3) is 0 Å². The summed E-state index contributed by atoms with van der Waals surface area (Å²) < 4.78 is 46.8. The third-order valence-electron chi connectivity index (χ3n) is 5.35. The molecule has 0 fully saturated rings. The molecule has 0 spiro atoms. The minimum atomic E-state index is -4.56. The van der Waals surface area contributed by atoms with Crippen LogP contribution < -0.4 is 21.4 Å².